The average Bonchev–Trinajstić information content (AvgIpc) is 2.85. The summed E-state index contributed by atoms with van der Waals surface area (Å²) in [6, 6.07) is 16.1. The summed E-state index contributed by atoms with van der Waals surface area (Å²) in [6.45, 7) is -0.125. The molecule has 8 nitrogen and oxygen atoms in total. The van der Waals surface area contributed by atoms with Gasteiger partial charge in [0, 0.05) is 11.3 Å². The van der Waals surface area contributed by atoms with Crippen molar-refractivity contribution < 1.29 is 23.5 Å². The summed E-state index contributed by atoms with van der Waals surface area (Å²) in [5.74, 6) is -1.73. The van der Waals surface area contributed by atoms with Gasteiger partial charge in [0.25, 0.3) is 0 Å². The van der Waals surface area contributed by atoms with Gasteiger partial charge in [0.2, 0.25) is 0 Å². The minimum Gasteiger partial charge on any atom is -0.493 e. The molecule has 0 aromatic heterocycles. The summed E-state index contributed by atoms with van der Waals surface area (Å²) in [5.41, 5.74) is 4.06. The van der Waals surface area contributed by atoms with Crippen LogP contribution in [0.25, 0.3) is 0 Å². The van der Waals surface area contributed by atoms with Gasteiger partial charge in [-0.05, 0) is 63.5 Å². The second kappa shape index (κ2) is 12.7. The van der Waals surface area contributed by atoms with Crippen molar-refractivity contribution in [3.8, 4) is 17.6 Å². The summed E-state index contributed by atoms with van der Waals surface area (Å²) in [6.07, 6.45) is 1.56. The molecule has 0 heterocycles. The third-order valence-corrected chi connectivity index (χ3v) is 5.70. The number of halogens is 3. The van der Waals surface area contributed by atoms with Crippen LogP contribution in [-0.2, 0) is 22.6 Å². The van der Waals surface area contributed by atoms with Crippen molar-refractivity contribution >= 4 is 51.2 Å². The first-order chi connectivity index (χ1) is 17.3. The second-order valence-corrected chi connectivity index (χ2v) is 8.47. The quantitative estimate of drug-likeness (QED) is 0.224. The Bertz CT molecular complexity index is 1320. The molecule has 3 aromatic rings. The molecule has 184 valence electrons. The van der Waals surface area contributed by atoms with Gasteiger partial charge in [-0.2, -0.15) is 10.4 Å². The maximum absolute atomic E-state index is 14.0. The normalized spacial score (nSPS) is 10.5. The average molecular weight is 574 g/mol. The molecule has 0 atom stereocenters. The van der Waals surface area contributed by atoms with Crippen molar-refractivity contribution in [3.05, 3.63) is 86.6 Å². The van der Waals surface area contributed by atoms with Gasteiger partial charge < -0.3 is 14.8 Å². The number of hydrogen-bond donors (Lipinski definition) is 2. The van der Waals surface area contributed by atoms with E-state index in [1.54, 1.807) is 42.5 Å². The van der Waals surface area contributed by atoms with E-state index in [4.69, 9.17) is 26.3 Å². The molecule has 3 aromatic carbocycles. The number of carbonyl (C=O) groups is 2. The van der Waals surface area contributed by atoms with Gasteiger partial charge in [0.15, 0.2) is 11.5 Å². The number of nitrogens with one attached hydrogen (secondary N) is 2. The summed E-state index contributed by atoms with van der Waals surface area (Å²) in [7, 11) is 1.44. The predicted molar refractivity (Wildman–Crippen MR) is 137 cm³/mol. The van der Waals surface area contributed by atoms with Gasteiger partial charge in [-0.25, -0.2) is 9.82 Å². The van der Waals surface area contributed by atoms with E-state index in [1.165, 1.54) is 25.5 Å². The molecule has 3 rings (SSSR count). The van der Waals surface area contributed by atoms with Crippen LogP contribution in [0.1, 0.15) is 16.7 Å². The summed E-state index contributed by atoms with van der Waals surface area (Å²) in [5, 5.41) is 15.2. The lowest BCUT2D eigenvalue weighted by atomic mass is 10.1. The lowest BCUT2D eigenvalue weighted by Gasteiger charge is -2.14. The molecule has 0 aliphatic heterocycles. The van der Waals surface area contributed by atoms with Crippen molar-refractivity contribution in [2.75, 3.05) is 12.4 Å². The zero-order chi connectivity index (χ0) is 26.1. The number of carbonyl (C=O) groups excluding carboxylic acids is 2. The molecule has 0 spiro atoms. The Balaban J connectivity index is 1.62. The molecule has 0 bridgehead atoms. The van der Waals surface area contributed by atoms with Crippen molar-refractivity contribution in [1.82, 2.24) is 5.43 Å². The first kappa shape index (κ1) is 26.7. The van der Waals surface area contributed by atoms with E-state index in [9.17, 15) is 14.0 Å². The number of hydrogen-bond acceptors (Lipinski definition) is 6. The number of benzene rings is 3. The summed E-state index contributed by atoms with van der Waals surface area (Å²) < 4.78 is 25.6. The highest BCUT2D eigenvalue weighted by Crippen LogP contribution is 2.37. The number of amides is 2. The highest BCUT2D eigenvalue weighted by atomic mass is 79.9. The molecule has 0 fully saturated rings. The minimum atomic E-state index is -0.972. The van der Waals surface area contributed by atoms with Crippen LogP contribution < -0.4 is 20.2 Å². The Morgan fingerprint density at radius 3 is 2.61 bits per heavy atom. The fourth-order valence-electron chi connectivity index (χ4n) is 2.97. The van der Waals surface area contributed by atoms with Gasteiger partial charge >= 0.3 is 11.8 Å². The maximum Gasteiger partial charge on any atom is 0.329 e. The zero-order valence-electron chi connectivity index (χ0n) is 18.8. The Kier molecular flexibility index (Phi) is 9.39. The number of ether oxygens (including phenoxy) is 2. The van der Waals surface area contributed by atoms with Crippen LogP contribution in [-0.4, -0.2) is 25.1 Å². The molecule has 0 saturated heterocycles. The van der Waals surface area contributed by atoms with E-state index < -0.39 is 17.6 Å². The molecule has 11 heteroatoms. The summed E-state index contributed by atoms with van der Waals surface area (Å²) >= 11 is 9.43. The van der Waals surface area contributed by atoms with E-state index in [-0.39, 0.29) is 23.6 Å². The van der Waals surface area contributed by atoms with Crippen LogP contribution in [0.3, 0.4) is 0 Å². The van der Waals surface area contributed by atoms with Crippen LogP contribution in [0.2, 0.25) is 5.02 Å². The molecule has 0 radical (unpaired) electrons. The van der Waals surface area contributed by atoms with Gasteiger partial charge in [-0.1, -0.05) is 29.8 Å². The van der Waals surface area contributed by atoms with Gasteiger partial charge in [0.05, 0.1) is 35.3 Å². The lowest BCUT2D eigenvalue weighted by Crippen LogP contribution is -2.32. The molecular weight excluding hydrogens is 555 g/mol. The molecule has 0 saturated carbocycles. The number of nitrogens with zero attached hydrogens (tertiary/aromatic N) is 2. The Morgan fingerprint density at radius 2 is 1.94 bits per heavy atom. The van der Waals surface area contributed by atoms with Crippen LogP contribution in [0.15, 0.2) is 64.2 Å². The monoisotopic (exact) mass is 572 g/mol. The van der Waals surface area contributed by atoms with E-state index in [2.05, 4.69) is 31.8 Å². The van der Waals surface area contributed by atoms with Crippen LogP contribution >= 0.6 is 27.5 Å². The number of nitriles is 1. The summed E-state index contributed by atoms with van der Waals surface area (Å²) in [4.78, 5) is 24.1. The fourth-order valence-corrected chi connectivity index (χ4v) is 3.76. The van der Waals surface area contributed by atoms with Crippen LogP contribution in [0, 0.1) is 17.1 Å². The number of hydrazone groups is 1. The third kappa shape index (κ3) is 7.04. The van der Waals surface area contributed by atoms with E-state index >= 15 is 0 Å². The molecule has 0 aliphatic carbocycles. The molecular formula is C25H19BrClFN4O4. The zero-order valence-corrected chi connectivity index (χ0v) is 21.2. The molecule has 2 amide bonds. The molecule has 2 N–H and O–H groups in total. The fraction of sp³-hybridized carbons (Fsp3) is 0.120. The Hall–Kier alpha value is -3.94. The standard InChI is InChI=1S/C25H19BrClFN4O4/c1-35-22-12-16(11-19(26)23(22)36-14-18-20(27)3-2-4-21(18)28)13-30-32-25(34)24(33)31-17-7-5-15(6-8-17)9-10-29/h2-8,11-13H,9,14H2,1H3,(H,31,33)(H,32,34)/b30-13+. The van der Waals surface area contributed by atoms with Gasteiger partial charge in [0.1, 0.15) is 12.4 Å². The smallest absolute Gasteiger partial charge is 0.329 e. The molecule has 0 unspecified atom stereocenters. The first-order valence-electron chi connectivity index (χ1n) is 10.4. The number of methoxy groups -OCH3 is 1. The maximum atomic E-state index is 14.0. The lowest BCUT2D eigenvalue weighted by molar-refractivity contribution is -0.136. The third-order valence-electron chi connectivity index (χ3n) is 4.76. The molecule has 36 heavy (non-hydrogen) atoms. The largest absolute Gasteiger partial charge is 0.493 e. The van der Waals surface area contributed by atoms with E-state index in [1.807, 2.05) is 6.07 Å². The first-order valence-corrected chi connectivity index (χ1v) is 11.5. The van der Waals surface area contributed by atoms with E-state index in [0.717, 1.165) is 5.56 Å². The van der Waals surface area contributed by atoms with Crippen LogP contribution in [0.4, 0.5) is 10.1 Å². The van der Waals surface area contributed by atoms with Gasteiger partial charge in [-0.3, -0.25) is 9.59 Å². The van der Waals surface area contributed by atoms with Crippen LogP contribution in [0.5, 0.6) is 11.5 Å². The number of rotatable bonds is 8. The SMILES string of the molecule is COc1cc(/C=N/NC(=O)C(=O)Nc2ccc(CC#N)cc2)cc(Br)c1OCc1c(F)cccc1Cl. The minimum absolute atomic E-state index is 0.125. The second-order valence-electron chi connectivity index (χ2n) is 7.21. The van der Waals surface area contributed by atoms with Gasteiger partial charge in [-0.15, -0.1) is 0 Å². The Labute approximate surface area is 219 Å². The highest BCUT2D eigenvalue weighted by molar-refractivity contribution is 9.10. The predicted octanol–water partition coefficient (Wildman–Crippen LogP) is 4.98. The highest BCUT2D eigenvalue weighted by Gasteiger charge is 2.15. The molecule has 0 aliphatic rings. The van der Waals surface area contributed by atoms with Crippen molar-refractivity contribution in [2.45, 2.75) is 13.0 Å². The Morgan fingerprint density at radius 1 is 1.19 bits per heavy atom. The van der Waals surface area contributed by atoms with Crippen molar-refractivity contribution in [2.24, 2.45) is 5.10 Å². The van der Waals surface area contributed by atoms with Crippen molar-refractivity contribution in [3.63, 3.8) is 0 Å². The van der Waals surface area contributed by atoms with Crippen molar-refractivity contribution in [1.29, 1.82) is 5.26 Å². The topological polar surface area (TPSA) is 113 Å². The van der Waals surface area contributed by atoms with E-state index in [0.29, 0.717) is 27.2 Å². The number of anilines is 1.